The Morgan fingerprint density at radius 1 is 1.50 bits per heavy atom. The molecule has 2 N–H and O–H groups in total. The zero-order valence-electron chi connectivity index (χ0n) is 12.0. The van der Waals surface area contributed by atoms with E-state index in [1.54, 1.807) is 6.20 Å². The summed E-state index contributed by atoms with van der Waals surface area (Å²) < 4.78 is 5.50. The van der Waals surface area contributed by atoms with E-state index in [0.717, 1.165) is 32.4 Å². The summed E-state index contributed by atoms with van der Waals surface area (Å²) in [4.78, 5) is 16.0. The van der Waals surface area contributed by atoms with Crippen molar-refractivity contribution in [3.63, 3.8) is 0 Å². The Kier molecular flexibility index (Phi) is 5.49. The predicted octanol–water partition coefficient (Wildman–Crippen LogP) is 1.25. The Morgan fingerprint density at radius 3 is 3.10 bits per heavy atom. The van der Waals surface area contributed by atoms with Crippen LogP contribution < -0.4 is 10.6 Å². The minimum Gasteiger partial charge on any atom is -0.365 e. The lowest BCUT2D eigenvalue weighted by molar-refractivity contribution is -0.139. The average molecular weight is 277 g/mol. The molecule has 1 saturated heterocycles. The van der Waals surface area contributed by atoms with Crippen LogP contribution in [0.3, 0.4) is 0 Å². The smallest absolute Gasteiger partial charge is 0.251 e. The molecule has 5 heteroatoms. The fraction of sp³-hybridized carbons (Fsp3) is 0.600. The molecule has 2 rings (SSSR count). The molecule has 1 aliphatic rings. The van der Waals surface area contributed by atoms with Gasteiger partial charge in [-0.25, -0.2) is 0 Å². The Morgan fingerprint density at radius 2 is 2.40 bits per heavy atom. The van der Waals surface area contributed by atoms with Crippen LogP contribution in [-0.2, 0) is 16.1 Å². The number of carbonyl (C=O) groups excluding carboxylic acids is 1. The summed E-state index contributed by atoms with van der Waals surface area (Å²) in [6.45, 7) is 4.92. The summed E-state index contributed by atoms with van der Waals surface area (Å²) in [7, 11) is 0. The lowest BCUT2D eigenvalue weighted by Crippen LogP contribution is -2.44. The van der Waals surface area contributed by atoms with Gasteiger partial charge in [0.2, 0.25) is 0 Å². The molecule has 0 aliphatic carbocycles. The van der Waals surface area contributed by atoms with Crippen LogP contribution in [0.15, 0.2) is 24.5 Å². The summed E-state index contributed by atoms with van der Waals surface area (Å²) in [5.74, 6) is 0.0160. The van der Waals surface area contributed by atoms with Crippen molar-refractivity contribution in [2.24, 2.45) is 0 Å². The van der Waals surface area contributed by atoms with Gasteiger partial charge in [0.05, 0.1) is 0 Å². The zero-order chi connectivity index (χ0) is 14.3. The molecule has 110 valence electrons. The fourth-order valence-corrected chi connectivity index (χ4v) is 2.30. The molecule has 1 atom stereocenters. The van der Waals surface area contributed by atoms with Gasteiger partial charge in [0, 0.05) is 32.1 Å². The van der Waals surface area contributed by atoms with Crippen molar-refractivity contribution < 1.29 is 9.53 Å². The fourth-order valence-electron chi connectivity index (χ4n) is 2.30. The van der Waals surface area contributed by atoms with Crippen LogP contribution in [-0.4, -0.2) is 36.2 Å². The van der Waals surface area contributed by atoms with E-state index in [9.17, 15) is 4.79 Å². The number of amides is 1. The van der Waals surface area contributed by atoms with E-state index in [1.165, 1.54) is 5.56 Å². The van der Waals surface area contributed by atoms with Gasteiger partial charge in [-0.1, -0.05) is 6.07 Å². The van der Waals surface area contributed by atoms with E-state index in [-0.39, 0.29) is 5.91 Å². The number of carbonyl (C=O) groups is 1. The van der Waals surface area contributed by atoms with E-state index in [2.05, 4.69) is 15.6 Å². The first-order valence-electron chi connectivity index (χ1n) is 7.23. The molecular weight excluding hydrogens is 254 g/mol. The third-order valence-electron chi connectivity index (χ3n) is 3.57. The molecule has 2 heterocycles. The highest BCUT2D eigenvalue weighted by molar-refractivity contribution is 5.84. The quantitative estimate of drug-likeness (QED) is 0.736. The van der Waals surface area contributed by atoms with E-state index in [0.29, 0.717) is 13.2 Å². The maximum absolute atomic E-state index is 12.0. The monoisotopic (exact) mass is 277 g/mol. The topological polar surface area (TPSA) is 63.2 Å². The van der Waals surface area contributed by atoms with Crippen molar-refractivity contribution in [2.45, 2.75) is 38.3 Å². The van der Waals surface area contributed by atoms with Crippen LogP contribution in [0.1, 0.15) is 31.7 Å². The first-order chi connectivity index (χ1) is 9.71. The third kappa shape index (κ3) is 4.28. The first-order valence-corrected chi connectivity index (χ1v) is 7.23. The van der Waals surface area contributed by atoms with Crippen LogP contribution >= 0.6 is 0 Å². The number of hydrogen-bond donors (Lipinski definition) is 2. The molecule has 0 aromatic carbocycles. The molecular formula is C15H23N3O2. The van der Waals surface area contributed by atoms with Crippen LogP contribution in [0, 0.1) is 0 Å². The van der Waals surface area contributed by atoms with E-state index in [4.69, 9.17) is 4.74 Å². The number of nitrogens with zero attached hydrogens (tertiary/aromatic N) is 1. The van der Waals surface area contributed by atoms with Crippen molar-refractivity contribution in [3.8, 4) is 0 Å². The van der Waals surface area contributed by atoms with Crippen LogP contribution in [0.2, 0.25) is 0 Å². The number of pyridine rings is 1. The maximum Gasteiger partial charge on any atom is 0.251 e. The summed E-state index contributed by atoms with van der Waals surface area (Å²) >= 11 is 0. The molecule has 1 fully saturated rings. The number of hydrogen-bond acceptors (Lipinski definition) is 4. The highest BCUT2D eigenvalue weighted by atomic mass is 16.5. The second-order valence-electron chi connectivity index (χ2n) is 5.33. The molecule has 0 saturated carbocycles. The molecule has 0 bridgehead atoms. The van der Waals surface area contributed by atoms with Crippen molar-refractivity contribution >= 4 is 5.91 Å². The maximum atomic E-state index is 12.0. The molecule has 1 aromatic rings. The Labute approximate surface area is 120 Å². The third-order valence-corrected chi connectivity index (χ3v) is 3.57. The largest absolute Gasteiger partial charge is 0.365 e. The number of aromatic nitrogens is 1. The molecule has 0 spiro atoms. The highest BCUT2D eigenvalue weighted by Gasteiger charge is 2.37. The Bertz CT molecular complexity index is 416. The zero-order valence-corrected chi connectivity index (χ0v) is 12.0. The van der Waals surface area contributed by atoms with Gasteiger partial charge >= 0.3 is 0 Å². The molecule has 1 aromatic heterocycles. The van der Waals surface area contributed by atoms with Gasteiger partial charge in [0.25, 0.3) is 5.91 Å². The van der Waals surface area contributed by atoms with E-state index in [1.807, 2.05) is 25.3 Å². The predicted molar refractivity (Wildman–Crippen MR) is 77.2 cm³/mol. The lowest BCUT2D eigenvalue weighted by atomic mass is 10.0. The van der Waals surface area contributed by atoms with Crippen LogP contribution in [0.4, 0.5) is 0 Å². The second-order valence-corrected chi connectivity index (χ2v) is 5.33. The average Bonchev–Trinajstić information content (AvgIpc) is 2.92. The Balaban J connectivity index is 1.54. The number of nitrogens with one attached hydrogen (secondary N) is 2. The summed E-state index contributed by atoms with van der Waals surface area (Å²) in [5.41, 5.74) is 0.562. The first kappa shape index (κ1) is 14.9. The Hall–Kier alpha value is -1.46. The summed E-state index contributed by atoms with van der Waals surface area (Å²) in [5, 5.41) is 6.28. The van der Waals surface area contributed by atoms with E-state index < -0.39 is 5.60 Å². The van der Waals surface area contributed by atoms with Crippen LogP contribution in [0.25, 0.3) is 0 Å². The number of ether oxygens (including phenoxy) is 1. The molecule has 5 nitrogen and oxygen atoms in total. The molecule has 0 radical (unpaired) electrons. The van der Waals surface area contributed by atoms with Crippen molar-refractivity contribution in [1.29, 1.82) is 0 Å². The standard InChI is InChI=1S/C15H23N3O2/c1-15(6-3-10-20-15)14(19)18-9-4-8-17-12-13-5-2-7-16-11-13/h2,5,7,11,17H,3-4,6,8-10,12H2,1H3,(H,18,19). The minimum absolute atomic E-state index is 0.0160. The van der Waals surface area contributed by atoms with Gasteiger partial charge in [-0.3, -0.25) is 9.78 Å². The summed E-state index contributed by atoms with van der Waals surface area (Å²) in [6.07, 6.45) is 6.31. The molecule has 1 aliphatic heterocycles. The molecule has 1 amide bonds. The van der Waals surface area contributed by atoms with Gasteiger partial charge < -0.3 is 15.4 Å². The lowest BCUT2D eigenvalue weighted by Gasteiger charge is -2.21. The molecule has 1 unspecified atom stereocenters. The highest BCUT2D eigenvalue weighted by Crippen LogP contribution is 2.24. The van der Waals surface area contributed by atoms with Crippen LogP contribution in [0.5, 0.6) is 0 Å². The van der Waals surface area contributed by atoms with Crippen molar-refractivity contribution in [2.75, 3.05) is 19.7 Å². The van der Waals surface area contributed by atoms with Gasteiger partial charge in [0.1, 0.15) is 5.60 Å². The summed E-state index contributed by atoms with van der Waals surface area (Å²) in [6, 6.07) is 3.97. The number of rotatable bonds is 7. The SMILES string of the molecule is CC1(C(=O)NCCCNCc2cccnc2)CCCO1. The van der Waals surface area contributed by atoms with Gasteiger partial charge in [-0.2, -0.15) is 0 Å². The van der Waals surface area contributed by atoms with E-state index >= 15 is 0 Å². The van der Waals surface area contributed by atoms with Gasteiger partial charge in [0.15, 0.2) is 0 Å². The van der Waals surface area contributed by atoms with Crippen molar-refractivity contribution in [1.82, 2.24) is 15.6 Å². The normalized spacial score (nSPS) is 21.9. The minimum atomic E-state index is -0.608. The second kappa shape index (κ2) is 7.36. The molecule has 20 heavy (non-hydrogen) atoms. The van der Waals surface area contributed by atoms with Crippen molar-refractivity contribution in [3.05, 3.63) is 30.1 Å². The van der Waals surface area contributed by atoms with Gasteiger partial charge in [-0.05, 0) is 44.4 Å². The van der Waals surface area contributed by atoms with Gasteiger partial charge in [-0.15, -0.1) is 0 Å².